The van der Waals surface area contributed by atoms with Crippen LogP contribution in [0.3, 0.4) is 0 Å². The van der Waals surface area contributed by atoms with Gasteiger partial charge in [0.25, 0.3) is 5.91 Å². The van der Waals surface area contributed by atoms with E-state index < -0.39 is 0 Å². The quantitative estimate of drug-likeness (QED) is 0.803. The van der Waals surface area contributed by atoms with Crippen LogP contribution in [0.5, 0.6) is 0 Å². The Morgan fingerprint density at radius 1 is 1.18 bits per heavy atom. The molecular weight excluding hydrogens is 278 g/mol. The van der Waals surface area contributed by atoms with Crippen LogP contribution in [-0.4, -0.2) is 15.9 Å². The van der Waals surface area contributed by atoms with Crippen molar-refractivity contribution in [3.8, 4) is 11.3 Å². The summed E-state index contributed by atoms with van der Waals surface area (Å²) >= 11 is 0. The maximum atomic E-state index is 11.9. The number of aromatic nitrogens is 2. The third-order valence-electron chi connectivity index (χ3n) is 3.22. The number of nitrogens with zero attached hydrogens (tertiary/aromatic N) is 2. The number of hydrogen-bond acceptors (Lipinski definition) is 4. The lowest BCUT2D eigenvalue weighted by atomic mass is 10.1. The summed E-state index contributed by atoms with van der Waals surface area (Å²) < 4.78 is 5.20. The lowest BCUT2D eigenvalue weighted by molar-refractivity contribution is 0.0946. The van der Waals surface area contributed by atoms with Crippen LogP contribution in [-0.2, 0) is 6.54 Å². The first kappa shape index (κ1) is 14.0. The fraction of sp³-hybridized carbons (Fsp3) is 0.118. The Balaban J connectivity index is 1.63. The van der Waals surface area contributed by atoms with E-state index in [0.717, 1.165) is 16.8 Å². The minimum atomic E-state index is -0.184. The van der Waals surface area contributed by atoms with Gasteiger partial charge < -0.3 is 9.73 Å². The SMILES string of the molecule is Cc1nc(-c2ccc(CNC(=O)c3ccccn3)cc2)co1. The molecule has 1 N–H and O–H groups in total. The van der Waals surface area contributed by atoms with Crippen molar-refractivity contribution in [3.05, 3.63) is 72.1 Å². The van der Waals surface area contributed by atoms with Crippen molar-refractivity contribution in [1.82, 2.24) is 15.3 Å². The molecule has 22 heavy (non-hydrogen) atoms. The molecule has 5 nitrogen and oxygen atoms in total. The lowest BCUT2D eigenvalue weighted by Gasteiger charge is -2.05. The number of hydrogen-bond donors (Lipinski definition) is 1. The number of carbonyl (C=O) groups is 1. The summed E-state index contributed by atoms with van der Waals surface area (Å²) in [5, 5.41) is 2.84. The van der Waals surface area contributed by atoms with E-state index in [2.05, 4.69) is 15.3 Å². The molecule has 2 heterocycles. The Labute approximate surface area is 128 Å². The van der Waals surface area contributed by atoms with Gasteiger partial charge in [-0.3, -0.25) is 9.78 Å². The zero-order chi connectivity index (χ0) is 15.4. The van der Waals surface area contributed by atoms with Crippen LogP contribution in [0, 0.1) is 6.92 Å². The highest BCUT2D eigenvalue weighted by Crippen LogP contribution is 2.18. The first-order valence-electron chi connectivity index (χ1n) is 6.93. The van der Waals surface area contributed by atoms with Crippen molar-refractivity contribution >= 4 is 5.91 Å². The Bertz CT molecular complexity index is 764. The van der Waals surface area contributed by atoms with E-state index in [4.69, 9.17) is 4.42 Å². The minimum Gasteiger partial charge on any atom is -0.449 e. The second kappa shape index (κ2) is 6.22. The molecule has 5 heteroatoms. The molecule has 110 valence electrons. The number of aryl methyl sites for hydroxylation is 1. The van der Waals surface area contributed by atoms with Gasteiger partial charge in [-0.1, -0.05) is 30.3 Å². The minimum absolute atomic E-state index is 0.184. The van der Waals surface area contributed by atoms with Crippen molar-refractivity contribution in [2.24, 2.45) is 0 Å². The number of nitrogens with one attached hydrogen (secondary N) is 1. The Kier molecular flexibility index (Phi) is 3.96. The van der Waals surface area contributed by atoms with Gasteiger partial charge in [-0.15, -0.1) is 0 Å². The van der Waals surface area contributed by atoms with Crippen LogP contribution in [0.4, 0.5) is 0 Å². The van der Waals surface area contributed by atoms with Crippen LogP contribution >= 0.6 is 0 Å². The second-order valence-electron chi connectivity index (χ2n) is 4.85. The topological polar surface area (TPSA) is 68.0 Å². The van der Waals surface area contributed by atoms with Crippen molar-refractivity contribution in [3.63, 3.8) is 0 Å². The molecule has 1 amide bonds. The van der Waals surface area contributed by atoms with Gasteiger partial charge in [-0.2, -0.15) is 0 Å². The van der Waals surface area contributed by atoms with Crippen LogP contribution in [0.1, 0.15) is 21.9 Å². The van der Waals surface area contributed by atoms with Gasteiger partial charge >= 0.3 is 0 Å². The fourth-order valence-corrected chi connectivity index (χ4v) is 2.06. The first-order valence-corrected chi connectivity index (χ1v) is 6.93. The molecule has 1 aromatic carbocycles. The van der Waals surface area contributed by atoms with Gasteiger partial charge in [-0.25, -0.2) is 4.98 Å². The lowest BCUT2D eigenvalue weighted by Crippen LogP contribution is -2.23. The maximum Gasteiger partial charge on any atom is 0.270 e. The van der Waals surface area contributed by atoms with Gasteiger partial charge in [-0.05, 0) is 17.7 Å². The molecule has 0 aliphatic rings. The second-order valence-corrected chi connectivity index (χ2v) is 4.85. The van der Waals surface area contributed by atoms with Crippen LogP contribution in [0.2, 0.25) is 0 Å². The summed E-state index contributed by atoms with van der Waals surface area (Å²) in [7, 11) is 0. The number of carbonyl (C=O) groups excluding carboxylic acids is 1. The van der Waals surface area contributed by atoms with Crippen molar-refractivity contribution in [2.75, 3.05) is 0 Å². The molecule has 0 fully saturated rings. The molecule has 0 aliphatic carbocycles. The third-order valence-corrected chi connectivity index (χ3v) is 3.22. The van der Waals surface area contributed by atoms with Gasteiger partial charge in [0.1, 0.15) is 17.7 Å². The summed E-state index contributed by atoms with van der Waals surface area (Å²) in [6, 6.07) is 13.1. The third kappa shape index (κ3) is 3.20. The molecule has 0 spiro atoms. The summed E-state index contributed by atoms with van der Waals surface area (Å²) in [5.74, 6) is 0.457. The maximum absolute atomic E-state index is 11.9. The molecule has 0 unspecified atom stereocenters. The highest BCUT2D eigenvalue weighted by Gasteiger charge is 2.06. The van der Waals surface area contributed by atoms with Gasteiger partial charge in [0, 0.05) is 25.2 Å². The van der Waals surface area contributed by atoms with Crippen molar-refractivity contribution in [1.29, 1.82) is 0 Å². The summed E-state index contributed by atoms with van der Waals surface area (Å²) in [6.07, 6.45) is 3.23. The average molecular weight is 293 g/mol. The smallest absolute Gasteiger partial charge is 0.270 e. The molecule has 0 saturated carbocycles. The van der Waals surface area contributed by atoms with Crippen LogP contribution < -0.4 is 5.32 Å². The Morgan fingerprint density at radius 2 is 2.00 bits per heavy atom. The number of pyridine rings is 1. The summed E-state index contributed by atoms with van der Waals surface area (Å²) in [4.78, 5) is 20.2. The van der Waals surface area contributed by atoms with Crippen molar-refractivity contribution in [2.45, 2.75) is 13.5 Å². The predicted molar refractivity (Wildman–Crippen MR) is 82.1 cm³/mol. The van der Waals surface area contributed by atoms with Crippen LogP contribution in [0.15, 0.2) is 59.3 Å². The van der Waals surface area contributed by atoms with Crippen LogP contribution in [0.25, 0.3) is 11.3 Å². The Hall–Kier alpha value is -2.95. The molecule has 0 radical (unpaired) electrons. The summed E-state index contributed by atoms with van der Waals surface area (Å²) in [6.45, 7) is 2.26. The number of amides is 1. The van der Waals surface area contributed by atoms with E-state index in [1.54, 1.807) is 30.7 Å². The molecular formula is C17H15N3O2. The largest absolute Gasteiger partial charge is 0.449 e. The standard InChI is InChI=1S/C17H15N3O2/c1-12-20-16(11-22-12)14-7-5-13(6-8-14)10-19-17(21)15-4-2-3-9-18-15/h2-9,11H,10H2,1H3,(H,19,21). The van der Waals surface area contributed by atoms with E-state index in [1.165, 1.54) is 0 Å². The van der Waals surface area contributed by atoms with Gasteiger partial charge in [0.2, 0.25) is 0 Å². The van der Waals surface area contributed by atoms with Crippen molar-refractivity contribution < 1.29 is 9.21 Å². The number of benzene rings is 1. The average Bonchev–Trinajstić information content (AvgIpc) is 3.00. The highest BCUT2D eigenvalue weighted by atomic mass is 16.3. The molecule has 3 aromatic rings. The monoisotopic (exact) mass is 293 g/mol. The highest BCUT2D eigenvalue weighted by molar-refractivity contribution is 5.92. The molecule has 0 saturated heterocycles. The zero-order valence-electron chi connectivity index (χ0n) is 12.1. The molecule has 0 atom stereocenters. The zero-order valence-corrected chi connectivity index (χ0v) is 12.1. The van der Waals surface area contributed by atoms with Gasteiger partial charge in [0.05, 0.1) is 0 Å². The first-order chi connectivity index (χ1) is 10.7. The number of oxazole rings is 1. The van der Waals surface area contributed by atoms with E-state index >= 15 is 0 Å². The van der Waals surface area contributed by atoms with Gasteiger partial charge in [0.15, 0.2) is 5.89 Å². The molecule has 0 bridgehead atoms. The van der Waals surface area contributed by atoms with E-state index in [1.807, 2.05) is 31.2 Å². The Morgan fingerprint density at radius 3 is 2.64 bits per heavy atom. The van der Waals surface area contributed by atoms with E-state index in [-0.39, 0.29) is 5.91 Å². The molecule has 2 aromatic heterocycles. The fourth-order valence-electron chi connectivity index (χ4n) is 2.06. The normalized spacial score (nSPS) is 10.4. The molecule has 0 aliphatic heterocycles. The number of rotatable bonds is 4. The van der Waals surface area contributed by atoms with E-state index in [0.29, 0.717) is 18.1 Å². The summed E-state index contributed by atoms with van der Waals surface area (Å²) in [5.41, 5.74) is 3.21. The molecule has 3 rings (SSSR count). The van der Waals surface area contributed by atoms with E-state index in [9.17, 15) is 4.79 Å². The predicted octanol–water partition coefficient (Wildman–Crippen LogP) is 2.98.